The topological polar surface area (TPSA) is 120 Å². The van der Waals surface area contributed by atoms with Gasteiger partial charge in [-0.15, -0.1) is 0 Å². The molecule has 1 heterocycles. The van der Waals surface area contributed by atoms with Crippen LogP contribution >= 0.6 is 7.60 Å². The van der Waals surface area contributed by atoms with Crippen molar-refractivity contribution in [1.82, 2.24) is 5.32 Å². The number of benzene rings is 2. The first kappa shape index (κ1) is 16.7. The lowest BCUT2D eigenvalue weighted by Crippen LogP contribution is -2.39. The maximum atomic E-state index is 11.3. The molecule has 0 radical (unpaired) electrons. The zero-order chi connectivity index (χ0) is 17.3. The number of carboxylic acid groups (broad SMARTS) is 1. The number of hydrogen-bond acceptors (Lipinski definition) is 4. The molecule has 24 heavy (non-hydrogen) atoms. The Morgan fingerprint density at radius 1 is 1.12 bits per heavy atom. The quantitative estimate of drug-likeness (QED) is 0.504. The Hall–Kier alpha value is -2.18. The molecule has 1 atom stereocenters. The lowest BCUT2D eigenvalue weighted by atomic mass is 10.0. The highest BCUT2D eigenvalue weighted by Gasteiger charge is 2.22. The van der Waals surface area contributed by atoms with Gasteiger partial charge in [-0.3, -0.25) is 14.7 Å². The number of hydrogen-bond donors (Lipinski definition) is 4. The largest absolute Gasteiger partial charge is 0.480 e. The second-order valence-corrected chi connectivity index (χ2v) is 7.20. The summed E-state index contributed by atoms with van der Waals surface area (Å²) >= 11 is 0. The molecule has 0 spiro atoms. The summed E-state index contributed by atoms with van der Waals surface area (Å²) in [6.07, 6.45) is -0.598. The summed E-state index contributed by atoms with van der Waals surface area (Å²) in [5.74, 6) is -1.17. The van der Waals surface area contributed by atoms with Gasteiger partial charge in [0.15, 0.2) is 0 Å². The molecule has 8 heteroatoms. The molecule has 4 N–H and O–H groups in total. The second-order valence-electron chi connectivity index (χ2n) is 5.55. The van der Waals surface area contributed by atoms with Crippen molar-refractivity contribution in [3.05, 3.63) is 48.0 Å². The third-order valence-electron chi connectivity index (χ3n) is 3.72. The first-order chi connectivity index (χ1) is 11.3. The molecule has 0 aliphatic rings. The minimum Gasteiger partial charge on any atom is -0.480 e. The van der Waals surface area contributed by atoms with Gasteiger partial charge in [0, 0.05) is 10.8 Å². The van der Waals surface area contributed by atoms with E-state index in [4.69, 9.17) is 14.2 Å². The van der Waals surface area contributed by atoms with Crippen LogP contribution in [-0.2, 0) is 15.8 Å². The van der Waals surface area contributed by atoms with E-state index in [2.05, 4.69) is 5.32 Å². The Morgan fingerprint density at radius 2 is 1.83 bits per heavy atom. The van der Waals surface area contributed by atoms with Crippen LogP contribution in [0.1, 0.15) is 5.56 Å². The van der Waals surface area contributed by atoms with Gasteiger partial charge in [0.05, 0.1) is 6.29 Å². The minimum atomic E-state index is -4.32. The fourth-order valence-corrected chi connectivity index (χ4v) is 3.07. The molecule has 7 nitrogen and oxygen atoms in total. The zero-order valence-electron chi connectivity index (χ0n) is 12.5. The molecular weight excluding hydrogens is 333 g/mol. The molecule has 2 aromatic carbocycles. The molecule has 0 fully saturated rings. The summed E-state index contributed by atoms with van der Waals surface area (Å²) in [6, 6.07) is 11.9. The van der Waals surface area contributed by atoms with Crippen LogP contribution < -0.4 is 5.32 Å². The molecule has 3 rings (SSSR count). The third kappa shape index (κ3) is 3.66. The van der Waals surface area contributed by atoms with Crippen molar-refractivity contribution in [3.8, 4) is 0 Å². The van der Waals surface area contributed by atoms with Gasteiger partial charge < -0.3 is 19.3 Å². The summed E-state index contributed by atoms with van der Waals surface area (Å²) in [6.45, 7) is 0. The Balaban J connectivity index is 1.86. The predicted molar refractivity (Wildman–Crippen MR) is 88.9 cm³/mol. The van der Waals surface area contributed by atoms with Crippen molar-refractivity contribution in [1.29, 1.82) is 0 Å². The van der Waals surface area contributed by atoms with E-state index >= 15 is 0 Å². The fraction of sp³-hybridized carbons (Fsp3) is 0.188. The summed E-state index contributed by atoms with van der Waals surface area (Å²) in [4.78, 5) is 29.0. The maximum absolute atomic E-state index is 11.3. The van der Waals surface area contributed by atoms with Crippen molar-refractivity contribution < 1.29 is 28.7 Å². The van der Waals surface area contributed by atoms with Crippen LogP contribution in [-0.4, -0.2) is 33.2 Å². The molecule has 0 bridgehead atoms. The Kier molecular flexibility index (Phi) is 4.43. The highest BCUT2D eigenvalue weighted by Crippen LogP contribution is 2.32. The molecule has 3 aromatic rings. The standard InChI is InChI=1S/C16H16NO6P/c18-16(19)13(17-9-24(20,21)22)7-10-5-6-12-11-3-1-2-4-14(11)23-15(12)8-10/h1-6,8,13,17H,7,9H2,(H,18,19)(H2,20,21,22). The Morgan fingerprint density at radius 3 is 2.54 bits per heavy atom. The van der Waals surface area contributed by atoms with Crippen LogP contribution in [0.25, 0.3) is 21.9 Å². The zero-order valence-corrected chi connectivity index (χ0v) is 13.4. The van der Waals surface area contributed by atoms with E-state index in [0.717, 1.165) is 16.4 Å². The van der Waals surface area contributed by atoms with Gasteiger partial charge in [-0.2, -0.15) is 0 Å². The highest BCUT2D eigenvalue weighted by atomic mass is 31.2. The number of para-hydroxylation sites is 1. The van der Waals surface area contributed by atoms with Gasteiger partial charge in [0.1, 0.15) is 17.2 Å². The number of furan rings is 1. The lowest BCUT2D eigenvalue weighted by molar-refractivity contribution is -0.139. The van der Waals surface area contributed by atoms with Crippen LogP contribution in [0.5, 0.6) is 0 Å². The number of rotatable bonds is 6. The van der Waals surface area contributed by atoms with Crippen LogP contribution in [0.3, 0.4) is 0 Å². The van der Waals surface area contributed by atoms with Gasteiger partial charge >= 0.3 is 13.6 Å². The number of carboxylic acids is 1. The first-order valence-electron chi connectivity index (χ1n) is 7.24. The van der Waals surface area contributed by atoms with Crippen molar-refractivity contribution in [3.63, 3.8) is 0 Å². The molecule has 0 saturated heterocycles. The van der Waals surface area contributed by atoms with E-state index in [0.29, 0.717) is 11.1 Å². The van der Waals surface area contributed by atoms with E-state index in [1.807, 2.05) is 30.3 Å². The molecule has 1 aromatic heterocycles. The van der Waals surface area contributed by atoms with Crippen LogP contribution in [0.15, 0.2) is 46.9 Å². The van der Waals surface area contributed by atoms with Crippen LogP contribution in [0.4, 0.5) is 0 Å². The smallest absolute Gasteiger partial charge is 0.339 e. The maximum Gasteiger partial charge on any atom is 0.339 e. The van der Waals surface area contributed by atoms with E-state index in [-0.39, 0.29) is 6.42 Å². The summed E-state index contributed by atoms with van der Waals surface area (Å²) in [5, 5.41) is 13.5. The summed E-state index contributed by atoms with van der Waals surface area (Å²) in [5.41, 5.74) is 2.10. The average Bonchev–Trinajstić information content (AvgIpc) is 2.87. The lowest BCUT2D eigenvalue weighted by Gasteiger charge is -2.15. The second kappa shape index (κ2) is 6.37. The monoisotopic (exact) mass is 349 g/mol. The molecule has 0 saturated carbocycles. The Labute approximate surface area is 137 Å². The molecular formula is C16H16NO6P. The van der Waals surface area contributed by atoms with Crippen molar-refractivity contribution >= 4 is 35.5 Å². The molecule has 126 valence electrons. The predicted octanol–water partition coefficient (Wildman–Crippen LogP) is 2.31. The van der Waals surface area contributed by atoms with Gasteiger partial charge in [0.2, 0.25) is 0 Å². The summed E-state index contributed by atoms with van der Waals surface area (Å²) < 4.78 is 16.7. The van der Waals surface area contributed by atoms with E-state index in [9.17, 15) is 14.5 Å². The molecule has 0 aliphatic carbocycles. The van der Waals surface area contributed by atoms with E-state index in [1.165, 1.54) is 0 Å². The van der Waals surface area contributed by atoms with Crippen molar-refractivity contribution in [2.24, 2.45) is 0 Å². The number of nitrogens with one attached hydrogen (secondary N) is 1. The normalized spacial score (nSPS) is 13.4. The van der Waals surface area contributed by atoms with Crippen molar-refractivity contribution in [2.45, 2.75) is 12.5 Å². The Bertz CT molecular complexity index is 944. The van der Waals surface area contributed by atoms with Gasteiger partial charge in [-0.25, -0.2) is 0 Å². The number of fused-ring (bicyclic) bond motifs is 3. The van der Waals surface area contributed by atoms with Gasteiger partial charge in [0.25, 0.3) is 0 Å². The van der Waals surface area contributed by atoms with Crippen molar-refractivity contribution in [2.75, 3.05) is 6.29 Å². The first-order valence-corrected chi connectivity index (χ1v) is 9.04. The van der Waals surface area contributed by atoms with Gasteiger partial charge in [-0.05, 0) is 24.1 Å². The van der Waals surface area contributed by atoms with Crippen LogP contribution in [0, 0.1) is 0 Å². The average molecular weight is 349 g/mol. The molecule has 1 unspecified atom stereocenters. The highest BCUT2D eigenvalue weighted by molar-refractivity contribution is 7.51. The van der Waals surface area contributed by atoms with Gasteiger partial charge in [-0.1, -0.05) is 30.3 Å². The molecule has 0 amide bonds. The van der Waals surface area contributed by atoms with E-state index < -0.39 is 25.9 Å². The fourth-order valence-electron chi connectivity index (χ4n) is 2.61. The number of aliphatic carboxylic acids is 1. The van der Waals surface area contributed by atoms with Crippen LogP contribution in [0.2, 0.25) is 0 Å². The third-order valence-corrected chi connectivity index (χ3v) is 4.32. The SMILES string of the molecule is O=C(O)C(Cc1ccc2c(c1)oc1ccccc12)NCP(=O)(O)O. The van der Waals surface area contributed by atoms with E-state index in [1.54, 1.807) is 12.1 Å². The summed E-state index contributed by atoms with van der Waals surface area (Å²) in [7, 11) is -4.32. The minimum absolute atomic E-state index is 0.0856. The number of carbonyl (C=O) groups is 1. The molecule has 0 aliphatic heterocycles.